The maximum atomic E-state index is 15.9. The molecule has 5 nitrogen and oxygen atoms in total. The Labute approximate surface area is 223 Å². The molecule has 7 rings (SSSR count). The zero-order valence-corrected chi connectivity index (χ0v) is 20.5. The Morgan fingerprint density at radius 1 is 0.436 bits per heavy atom. The van der Waals surface area contributed by atoms with Gasteiger partial charge in [-0.25, -0.2) is 24.9 Å². The van der Waals surface area contributed by atoms with Crippen LogP contribution in [0.4, 0.5) is 8.78 Å². The van der Waals surface area contributed by atoms with Crippen molar-refractivity contribution in [3.63, 3.8) is 0 Å². The van der Waals surface area contributed by atoms with Crippen molar-refractivity contribution in [3.05, 3.63) is 127 Å². The number of hydrogen-bond donors (Lipinski definition) is 0. The van der Waals surface area contributed by atoms with Gasteiger partial charge in [0.1, 0.15) is 0 Å². The van der Waals surface area contributed by atoms with Crippen molar-refractivity contribution in [3.8, 4) is 56.7 Å². The molecule has 0 saturated heterocycles. The molecule has 0 aliphatic heterocycles. The van der Waals surface area contributed by atoms with Crippen LogP contribution < -0.4 is 0 Å². The molecule has 4 aromatic carbocycles. The Kier molecular flexibility index (Phi) is 5.30. The van der Waals surface area contributed by atoms with Gasteiger partial charge in [-0.15, -0.1) is 0 Å². The summed E-state index contributed by atoms with van der Waals surface area (Å²) in [5, 5.41) is 0. The van der Waals surface area contributed by atoms with E-state index in [1.54, 1.807) is 42.7 Å². The van der Waals surface area contributed by atoms with Crippen LogP contribution in [0.2, 0.25) is 0 Å². The quantitative estimate of drug-likeness (QED) is 0.246. The highest BCUT2D eigenvalue weighted by Gasteiger charge is 2.44. The molecular weight excluding hydrogens is 492 g/mol. The average molecular weight is 512 g/mol. The van der Waals surface area contributed by atoms with Crippen molar-refractivity contribution < 1.29 is 8.78 Å². The lowest BCUT2D eigenvalue weighted by molar-refractivity contribution is 0.0481. The van der Waals surface area contributed by atoms with Gasteiger partial charge in [0, 0.05) is 45.8 Å². The van der Waals surface area contributed by atoms with Gasteiger partial charge in [0.05, 0.1) is 0 Å². The molecule has 1 aliphatic rings. The van der Waals surface area contributed by atoms with Crippen molar-refractivity contribution >= 4 is 0 Å². The standard InChI is InChI=1S/C32H19F2N5/c33-32(34)26-18-22(28-35-16-7-17-36-28)12-14-24(26)25-15-13-23(19-27(25)32)31-38-29(20-8-3-1-4-9-20)37-30(39-31)21-10-5-2-6-11-21/h1-19H. The molecule has 39 heavy (non-hydrogen) atoms. The highest BCUT2D eigenvalue weighted by Crippen LogP contribution is 2.52. The predicted molar refractivity (Wildman–Crippen MR) is 146 cm³/mol. The molecule has 0 spiro atoms. The van der Waals surface area contributed by atoms with Crippen molar-refractivity contribution in [2.24, 2.45) is 0 Å². The molecule has 0 atom stereocenters. The van der Waals surface area contributed by atoms with Crippen LogP contribution in [0.15, 0.2) is 116 Å². The Balaban J connectivity index is 1.36. The van der Waals surface area contributed by atoms with Gasteiger partial charge in [-0.2, -0.15) is 8.78 Å². The predicted octanol–water partition coefficient (Wildman–Crippen LogP) is 7.45. The summed E-state index contributed by atoms with van der Waals surface area (Å²) in [6.45, 7) is 0. The fourth-order valence-corrected chi connectivity index (χ4v) is 4.89. The summed E-state index contributed by atoms with van der Waals surface area (Å²) in [5.74, 6) is -1.52. The Morgan fingerprint density at radius 3 is 1.36 bits per heavy atom. The molecule has 2 heterocycles. The van der Waals surface area contributed by atoms with Gasteiger partial charge < -0.3 is 0 Å². The summed E-state index contributed by atoms with van der Waals surface area (Å²) in [5.41, 5.74) is 3.49. The van der Waals surface area contributed by atoms with E-state index in [-0.39, 0.29) is 11.1 Å². The van der Waals surface area contributed by atoms with Crippen LogP contribution in [0.5, 0.6) is 0 Å². The number of aromatic nitrogens is 5. The number of nitrogens with zero attached hydrogens (tertiary/aromatic N) is 5. The second-order valence-electron chi connectivity index (χ2n) is 9.21. The van der Waals surface area contributed by atoms with E-state index in [0.717, 1.165) is 11.1 Å². The summed E-state index contributed by atoms with van der Waals surface area (Å²) in [7, 11) is 0. The van der Waals surface area contributed by atoms with Crippen molar-refractivity contribution in [2.75, 3.05) is 0 Å². The normalized spacial score (nSPS) is 13.1. The van der Waals surface area contributed by atoms with Crippen molar-refractivity contribution in [1.29, 1.82) is 0 Å². The molecule has 0 bridgehead atoms. The lowest BCUT2D eigenvalue weighted by atomic mass is 10.0. The molecule has 0 unspecified atom stereocenters. The largest absolute Gasteiger partial charge is 0.299 e. The minimum atomic E-state index is -3.21. The van der Waals surface area contributed by atoms with Gasteiger partial charge >= 0.3 is 0 Å². The topological polar surface area (TPSA) is 64.5 Å². The maximum absolute atomic E-state index is 15.9. The molecule has 2 aromatic heterocycles. The van der Waals surface area contributed by atoms with Crippen LogP contribution in [0, 0.1) is 0 Å². The monoisotopic (exact) mass is 511 g/mol. The molecule has 1 aliphatic carbocycles. The van der Waals surface area contributed by atoms with Gasteiger partial charge in [0.2, 0.25) is 0 Å². The first-order chi connectivity index (χ1) is 19.1. The van der Waals surface area contributed by atoms with Crippen LogP contribution in [0.1, 0.15) is 11.1 Å². The second-order valence-corrected chi connectivity index (χ2v) is 9.21. The highest BCUT2D eigenvalue weighted by atomic mass is 19.3. The first-order valence-electron chi connectivity index (χ1n) is 12.4. The Bertz CT molecular complexity index is 1770. The molecule has 0 saturated carbocycles. The Hall–Kier alpha value is -5.17. The van der Waals surface area contributed by atoms with Crippen LogP contribution in [-0.2, 0) is 5.92 Å². The minimum absolute atomic E-state index is 0.0646. The van der Waals surface area contributed by atoms with Crippen molar-refractivity contribution in [1.82, 2.24) is 24.9 Å². The van der Waals surface area contributed by atoms with Gasteiger partial charge in [0.25, 0.3) is 5.92 Å². The fraction of sp³-hybridized carbons (Fsp3) is 0.0312. The summed E-state index contributed by atoms with van der Waals surface area (Å²) < 4.78 is 31.8. The van der Waals surface area contributed by atoms with E-state index in [2.05, 4.69) is 15.0 Å². The van der Waals surface area contributed by atoms with Gasteiger partial charge in [-0.3, -0.25) is 0 Å². The molecular formula is C32H19F2N5. The van der Waals surface area contributed by atoms with E-state index in [1.807, 2.05) is 60.7 Å². The van der Waals surface area contributed by atoms with E-state index < -0.39 is 5.92 Å². The summed E-state index contributed by atoms with van der Waals surface area (Å²) in [6.07, 6.45) is 3.19. The molecule has 7 heteroatoms. The van der Waals surface area contributed by atoms with Crippen LogP contribution in [0.25, 0.3) is 56.7 Å². The van der Waals surface area contributed by atoms with Gasteiger partial charge in [-0.05, 0) is 29.3 Å². The number of alkyl halides is 2. The van der Waals surface area contributed by atoms with E-state index in [9.17, 15) is 0 Å². The first kappa shape index (κ1) is 23.0. The number of halogens is 2. The summed E-state index contributed by atoms with van der Waals surface area (Å²) >= 11 is 0. The van der Waals surface area contributed by atoms with E-state index in [0.29, 0.717) is 45.6 Å². The average Bonchev–Trinajstić information content (AvgIpc) is 3.23. The number of rotatable bonds is 4. The lowest BCUT2D eigenvalue weighted by Gasteiger charge is -2.14. The SMILES string of the molecule is FC1(F)c2cc(-c3ncccn3)ccc2-c2ccc(-c3nc(-c4ccccc4)nc(-c4ccccc4)n3)cc21. The van der Waals surface area contributed by atoms with Gasteiger partial charge in [0.15, 0.2) is 23.3 Å². The van der Waals surface area contributed by atoms with Crippen molar-refractivity contribution in [2.45, 2.75) is 5.92 Å². The van der Waals surface area contributed by atoms with E-state index in [4.69, 9.17) is 9.97 Å². The number of benzene rings is 4. The third-order valence-electron chi connectivity index (χ3n) is 6.79. The van der Waals surface area contributed by atoms with E-state index in [1.165, 1.54) is 12.1 Å². The lowest BCUT2D eigenvalue weighted by Crippen LogP contribution is -2.11. The molecule has 186 valence electrons. The summed E-state index contributed by atoms with van der Waals surface area (Å²) in [6, 6.07) is 30.8. The van der Waals surface area contributed by atoms with Gasteiger partial charge in [-0.1, -0.05) is 84.9 Å². The molecule has 0 amide bonds. The molecule has 6 aromatic rings. The first-order valence-corrected chi connectivity index (χ1v) is 12.4. The fourth-order valence-electron chi connectivity index (χ4n) is 4.89. The second kappa shape index (κ2) is 8.99. The Morgan fingerprint density at radius 2 is 0.872 bits per heavy atom. The zero-order valence-electron chi connectivity index (χ0n) is 20.5. The third-order valence-corrected chi connectivity index (χ3v) is 6.79. The van der Waals surface area contributed by atoms with Crippen LogP contribution >= 0.6 is 0 Å². The smallest absolute Gasteiger partial charge is 0.237 e. The summed E-state index contributed by atoms with van der Waals surface area (Å²) in [4.78, 5) is 22.5. The minimum Gasteiger partial charge on any atom is -0.237 e. The maximum Gasteiger partial charge on any atom is 0.299 e. The van der Waals surface area contributed by atoms with E-state index >= 15 is 8.78 Å². The number of hydrogen-bond acceptors (Lipinski definition) is 5. The van der Waals surface area contributed by atoms with Crippen LogP contribution in [-0.4, -0.2) is 24.9 Å². The number of fused-ring (bicyclic) bond motifs is 3. The highest BCUT2D eigenvalue weighted by molar-refractivity contribution is 5.84. The zero-order chi connectivity index (χ0) is 26.4. The molecule has 0 radical (unpaired) electrons. The third kappa shape index (κ3) is 3.95. The van der Waals surface area contributed by atoms with Crippen LogP contribution in [0.3, 0.4) is 0 Å². The molecule has 0 N–H and O–H groups in total. The molecule has 0 fully saturated rings.